The number of thioether (sulfide) groups is 1. The molecule has 0 N–H and O–H groups in total. The molecule has 33 heavy (non-hydrogen) atoms. The molecular weight excluding hydrogens is 463 g/mol. The summed E-state index contributed by atoms with van der Waals surface area (Å²) >= 11 is 7.27. The van der Waals surface area contributed by atoms with E-state index < -0.39 is 5.82 Å². The molecular formula is C24H16ClFN4O2S. The summed E-state index contributed by atoms with van der Waals surface area (Å²) in [4.78, 5) is 13.0. The number of hydrogen-bond acceptors (Lipinski definition) is 6. The van der Waals surface area contributed by atoms with Gasteiger partial charge < -0.3 is 4.42 Å². The van der Waals surface area contributed by atoms with Crippen molar-refractivity contribution in [2.75, 3.05) is 0 Å². The lowest BCUT2D eigenvalue weighted by Gasteiger charge is -2.09. The molecule has 3 aromatic carbocycles. The largest absolute Gasteiger partial charge is 0.409 e. The van der Waals surface area contributed by atoms with Crippen molar-refractivity contribution in [3.8, 4) is 11.6 Å². The van der Waals surface area contributed by atoms with Crippen molar-refractivity contribution in [1.29, 1.82) is 0 Å². The van der Waals surface area contributed by atoms with Crippen LogP contribution in [0.15, 0.2) is 87.2 Å². The van der Waals surface area contributed by atoms with Gasteiger partial charge in [0.1, 0.15) is 5.82 Å². The second-order valence-corrected chi connectivity index (χ2v) is 8.54. The van der Waals surface area contributed by atoms with Gasteiger partial charge in [-0.05, 0) is 23.8 Å². The second-order valence-electron chi connectivity index (χ2n) is 7.20. The van der Waals surface area contributed by atoms with Crippen molar-refractivity contribution in [3.05, 3.63) is 105 Å². The van der Waals surface area contributed by atoms with E-state index in [1.807, 2.05) is 36.4 Å². The van der Waals surface area contributed by atoms with E-state index in [0.717, 1.165) is 5.56 Å². The van der Waals surface area contributed by atoms with E-state index in [9.17, 15) is 9.18 Å². The van der Waals surface area contributed by atoms with Gasteiger partial charge in [-0.25, -0.2) is 9.07 Å². The molecule has 0 atom stereocenters. The molecule has 164 valence electrons. The molecule has 0 saturated heterocycles. The number of hydrogen-bond donors (Lipinski definition) is 0. The van der Waals surface area contributed by atoms with E-state index in [2.05, 4.69) is 15.3 Å². The van der Waals surface area contributed by atoms with Crippen molar-refractivity contribution in [2.45, 2.75) is 17.5 Å². The SMILES string of the molecule is O=c1c2ccccc2c(-c2nnc(SCc3c(F)cccc3Cl)o2)nn1Cc1ccccc1. The van der Waals surface area contributed by atoms with Gasteiger partial charge in [-0.1, -0.05) is 78.0 Å². The molecule has 0 fully saturated rings. The lowest BCUT2D eigenvalue weighted by Crippen LogP contribution is -2.24. The quantitative estimate of drug-likeness (QED) is 0.297. The monoisotopic (exact) mass is 478 g/mol. The van der Waals surface area contributed by atoms with Gasteiger partial charge in [-0.2, -0.15) is 5.10 Å². The number of halogens is 2. The minimum absolute atomic E-state index is 0.176. The van der Waals surface area contributed by atoms with Gasteiger partial charge in [0.2, 0.25) is 0 Å². The molecule has 6 nitrogen and oxygen atoms in total. The van der Waals surface area contributed by atoms with Crippen LogP contribution in [0, 0.1) is 5.82 Å². The molecule has 0 aliphatic carbocycles. The molecule has 0 saturated carbocycles. The smallest absolute Gasteiger partial charge is 0.277 e. The van der Waals surface area contributed by atoms with E-state index in [0.29, 0.717) is 33.6 Å². The first-order valence-electron chi connectivity index (χ1n) is 10.0. The number of fused-ring (bicyclic) bond motifs is 1. The highest BCUT2D eigenvalue weighted by molar-refractivity contribution is 7.98. The normalized spacial score (nSPS) is 11.2. The van der Waals surface area contributed by atoms with Crippen LogP contribution in [0.2, 0.25) is 5.02 Å². The highest BCUT2D eigenvalue weighted by Crippen LogP contribution is 2.30. The fourth-order valence-corrected chi connectivity index (χ4v) is 4.53. The van der Waals surface area contributed by atoms with Gasteiger partial charge in [0, 0.05) is 21.7 Å². The third kappa shape index (κ3) is 4.40. The molecule has 5 rings (SSSR count). The highest BCUT2D eigenvalue weighted by Gasteiger charge is 2.18. The fraction of sp³-hybridized carbons (Fsp3) is 0.0833. The lowest BCUT2D eigenvalue weighted by atomic mass is 10.1. The van der Waals surface area contributed by atoms with Crippen molar-refractivity contribution in [3.63, 3.8) is 0 Å². The minimum atomic E-state index is -0.393. The van der Waals surface area contributed by atoms with Crippen LogP contribution in [0.3, 0.4) is 0 Å². The standard InChI is InChI=1S/C24H16ClFN4O2S/c25-19-11-6-12-20(26)18(19)14-33-24-28-27-22(32-24)21-16-9-4-5-10-17(16)23(31)30(29-21)13-15-7-2-1-3-8-15/h1-12H,13-14H2. The average Bonchev–Trinajstić information content (AvgIpc) is 3.30. The number of rotatable bonds is 6. The molecule has 5 aromatic rings. The number of aromatic nitrogens is 4. The van der Waals surface area contributed by atoms with Gasteiger partial charge in [-0.3, -0.25) is 4.79 Å². The Morgan fingerprint density at radius 3 is 2.48 bits per heavy atom. The highest BCUT2D eigenvalue weighted by atomic mass is 35.5. The fourth-order valence-electron chi connectivity index (χ4n) is 3.42. The Balaban J connectivity index is 1.50. The van der Waals surface area contributed by atoms with Crippen molar-refractivity contribution < 1.29 is 8.81 Å². The Labute approximate surface area is 197 Å². The maximum absolute atomic E-state index is 14.1. The lowest BCUT2D eigenvalue weighted by molar-refractivity contribution is 0.462. The molecule has 0 amide bonds. The summed E-state index contributed by atoms with van der Waals surface area (Å²) in [5.41, 5.74) is 1.51. The van der Waals surface area contributed by atoms with Crippen LogP contribution in [0.4, 0.5) is 4.39 Å². The first-order chi connectivity index (χ1) is 16.1. The average molecular weight is 479 g/mol. The van der Waals surface area contributed by atoms with Crippen molar-refractivity contribution in [2.24, 2.45) is 0 Å². The Bertz CT molecular complexity index is 1480. The second kappa shape index (κ2) is 9.17. The Morgan fingerprint density at radius 1 is 0.939 bits per heavy atom. The van der Waals surface area contributed by atoms with Crippen LogP contribution in [0.5, 0.6) is 0 Å². The molecule has 0 radical (unpaired) electrons. The van der Waals surface area contributed by atoms with Crippen LogP contribution in [-0.4, -0.2) is 20.0 Å². The Kier molecular flexibility index (Phi) is 5.93. The summed E-state index contributed by atoms with van der Waals surface area (Å²) in [6.45, 7) is 0.305. The zero-order valence-corrected chi connectivity index (χ0v) is 18.7. The van der Waals surface area contributed by atoms with Crippen LogP contribution < -0.4 is 5.56 Å². The third-order valence-electron chi connectivity index (χ3n) is 5.05. The van der Waals surface area contributed by atoms with E-state index in [1.165, 1.54) is 22.5 Å². The predicted molar refractivity (Wildman–Crippen MR) is 126 cm³/mol. The van der Waals surface area contributed by atoms with E-state index >= 15 is 0 Å². The molecule has 2 aromatic heterocycles. The number of nitrogens with zero attached hydrogens (tertiary/aromatic N) is 4. The van der Waals surface area contributed by atoms with Gasteiger partial charge in [0.15, 0.2) is 5.69 Å². The van der Waals surface area contributed by atoms with Crippen LogP contribution in [0.25, 0.3) is 22.4 Å². The van der Waals surface area contributed by atoms with Gasteiger partial charge in [-0.15, -0.1) is 10.2 Å². The first-order valence-corrected chi connectivity index (χ1v) is 11.4. The first kappa shape index (κ1) is 21.4. The summed E-state index contributed by atoms with van der Waals surface area (Å²) < 4.78 is 21.3. The van der Waals surface area contributed by atoms with Crippen LogP contribution in [0.1, 0.15) is 11.1 Å². The third-order valence-corrected chi connectivity index (χ3v) is 6.25. The van der Waals surface area contributed by atoms with Crippen molar-refractivity contribution in [1.82, 2.24) is 20.0 Å². The summed E-state index contributed by atoms with van der Waals surface area (Å²) in [7, 11) is 0. The summed E-state index contributed by atoms with van der Waals surface area (Å²) in [6, 6.07) is 21.3. The summed E-state index contributed by atoms with van der Waals surface area (Å²) in [5.74, 6) is 0.0139. The summed E-state index contributed by atoms with van der Waals surface area (Å²) in [6.07, 6.45) is 0. The molecule has 0 bridgehead atoms. The zero-order valence-electron chi connectivity index (χ0n) is 17.1. The molecule has 0 aliphatic heterocycles. The van der Waals surface area contributed by atoms with Gasteiger partial charge >= 0.3 is 0 Å². The van der Waals surface area contributed by atoms with Crippen LogP contribution >= 0.6 is 23.4 Å². The molecule has 0 unspecified atom stereocenters. The topological polar surface area (TPSA) is 73.8 Å². The predicted octanol–water partition coefficient (Wildman–Crippen LogP) is 5.58. The van der Waals surface area contributed by atoms with Crippen LogP contribution in [-0.2, 0) is 12.3 Å². The van der Waals surface area contributed by atoms with Crippen molar-refractivity contribution >= 4 is 34.1 Å². The summed E-state index contributed by atoms with van der Waals surface area (Å²) in [5, 5.41) is 14.4. The Morgan fingerprint density at radius 2 is 1.70 bits per heavy atom. The molecule has 9 heteroatoms. The van der Waals surface area contributed by atoms with E-state index in [4.69, 9.17) is 16.0 Å². The zero-order chi connectivity index (χ0) is 22.8. The maximum Gasteiger partial charge on any atom is 0.277 e. The molecule has 2 heterocycles. The van der Waals surface area contributed by atoms with E-state index in [-0.39, 0.29) is 22.4 Å². The maximum atomic E-state index is 14.1. The molecule has 0 aliphatic rings. The Hall–Kier alpha value is -3.49. The molecule has 0 spiro atoms. The van der Waals surface area contributed by atoms with Gasteiger partial charge in [0.05, 0.1) is 11.9 Å². The van der Waals surface area contributed by atoms with Gasteiger partial charge in [0.25, 0.3) is 16.7 Å². The number of benzene rings is 3. The van der Waals surface area contributed by atoms with E-state index in [1.54, 1.807) is 30.3 Å². The minimum Gasteiger partial charge on any atom is -0.409 e.